The van der Waals surface area contributed by atoms with Gasteiger partial charge in [0.2, 0.25) is 0 Å². The molecular formula is C45H30N4S. The van der Waals surface area contributed by atoms with Crippen molar-refractivity contribution >= 4 is 28.8 Å². The minimum absolute atomic E-state index is 0.646. The Hall–Kier alpha value is -6.30. The fraction of sp³-hybridized carbons (Fsp3) is 0. The predicted molar refractivity (Wildman–Crippen MR) is 206 cm³/mol. The highest BCUT2D eigenvalue weighted by Crippen LogP contribution is 2.51. The first-order chi connectivity index (χ1) is 24.8. The van der Waals surface area contributed by atoms with Gasteiger partial charge in [-0.05, 0) is 58.7 Å². The van der Waals surface area contributed by atoms with Crippen molar-refractivity contribution in [3.05, 3.63) is 182 Å². The Labute approximate surface area is 295 Å². The Morgan fingerprint density at radius 2 is 0.680 bits per heavy atom. The average Bonchev–Trinajstić information content (AvgIpc) is 3.20. The van der Waals surface area contributed by atoms with Gasteiger partial charge in [-0.3, -0.25) is 0 Å². The smallest absolute Gasteiger partial charge is 0.164 e. The van der Waals surface area contributed by atoms with Crippen molar-refractivity contribution < 1.29 is 0 Å². The van der Waals surface area contributed by atoms with E-state index in [1.807, 2.05) is 72.4 Å². The van der Waals surface area contributed by atoms with Crippen LogP contribution >= 0.6 is 11.8 Å². The van der Waals surface area contributed by atoms with Crippen molar-refractivity contribution in [3.63, 3.8) is 0 Å². The number of rotatable bonds is 6. The third-order valence-electron chi connectivity index (χ3n) is 8.95. The van der Waals surface area contributed by atoms with Crippen LogP contribution in [0.2, 0.25) is 0 Å². The van der Waals surface area contributed by atoms with Crippen LogP contribution in [0.4, 0.5) is 17.1 Å². The Morgan fingerprint density at radius 3 is 1.16 bits per heavy atom. The van der Waals surface area contributed by atoms with Gasteiger partial charge in [0.25, 0.3) is 0 Å². The van der Waals surface area contributed by atoms with Gasteiger partial charge < -0.3 is 4.90 Å². The number of nitrogens with zero attached hydrogens (tertiary/aromatic N) is 4. The third kappa shape index (κ3) is 5.64. The molecule has 1 aliphatic heterocycles. The molecule has 0 spiro atoms. The summed E-state index contributed by atoms with van der Waals surface area (Å²) in [6.45, 7) is 0. The lowest BCUT2D eigenvalue weighted by molar-refractivity contribution is 1.07. The fourth-order valence-electron chi connectivity index (χ4n) is 6.50. The maximum absolute atomic E-state index is 4.91. The fourth-order valence-corrected chi connectivity index (χ4v) is 7.55. The number of anilines is 3. The molecule has 0 N–H and O–H groups in total. The zero-order valence-corrected chi connectivity index (χ0v) is 27.8. The van der Waals surface area contributed by atoms with Gasteiger partial charge in [0.05, 0.1) is 11.4 Å². The molecule has 7 aromatic carbocycles. The average molecular weight is 659 g/mol. The summed E-state index contributed by atoms with van der Waals surface area (Å²) in [5, 5.41) is 0. The first kappa shape index (κ1) is 29.8. The lowest BCUT2D eigenvalue weighted by Gasteiger charge is -2.32. The van der Waals surface area contributed by atoms with Gasteiger partial charge in [-0.15, -0.1) is 0 Å². The van der Waals surface area contributed by atoms with Crippen molar-refractivity contribution in [1.29, 1.82) is 0 Å². The molecule has 1 aliphatic rings. The molecule has 8 aromatic rings. The minimum Gasteiger partial charge on any atom is -0.308 e. The van der Waals surface area contributed by atoms with E-state index < -0.39 is 0 Å². The lowest BCUT2D eigenvalue weighted by atomic mass is 9.94. The molecule has 0 fully saturated rings. The van der Waals surface area contributed by atoms with E-state index in [0.29, 0.717) is 17.5 Å². The number of fused-ring (bicyclic) bond motifs is 2. The molecule has 0 bridgehead atoms. The maximum atomic E-state index is 4.91. The maximum Gasteiger partial charge on any atom is 0.164 e. The van der Waals surface area contributed by atoms with Crippen LogP contribution in [-0.4, -0.2) is 15.0 Å². The number of benzene rings is 7. The first-order valence-corrected chi connectivity index (χ1v) is 17.4. The van der Waals surface area contributed by atoms with Crippen LogP contribution in [0.15, 0.2) is 192 Å². The first-order valence-electron chi connectivity index (χ1n) is 16.6. The molecule has 1 aromatic heterocycles. The quantitative estimate of drug-likeness (QED) is 0.178. The molecule has 4 nitrogen and oxygen atoms in total. The van der Waals surface area contributed by atoms with Crippen LogP contribution in [0.25, 0.3) is 56.4 Å². The molecule has 50 heavy (non-hydrogen) atoms. The van der Waals surface area contributed by atoms with Crippen LogP contribution in [0, 0.1) is 0 Å². The number of hydrogen-bond donors (Lipinski definition) is 0. The van der Waals surface area contributed by atoms with Gasteiger partial charge in [0.1, 0.15) is 0 Å². The molecule has 5 heteroatoms. The van der Waals surface area contributed by atoms with E-state index >= 15 is 0 Å². The number of aromatic nitrogens is 3. The number of hydrogen-bond acceptors (Lipinski definition) is 5. The molecule has 0 saturated heterocycles. The van der Waals surface area contributed by atoms with Crippen molar-refractivity contribution in [2.45, 2.75) is 9.79 Å². The summed E-state index contributed by atoms with van der Waals surface area (Å²) in [5.41, 5.74) is 11.0. The minimum atomic E-state index is 0.646. The standard InChI is InChI=1S/C45H30N4S/c1-3-13-33(14-4-1)43-46-44(34-15-5-2-6-16-34)48-45(47-43)35-25-23-31(24-26-35)37-17-7-8-18-38(37)32-27-29-36(30-28-32)49-39-19-9-11-21-41(39)50-42-22-12-10-20-40(42)49/h1-30H. The van der Waals surface area contributed by atoms with Crippen molar-refractivity contribution in [2.75, 3.05) is 4.90 Å². The SMILES string of the molecule is c1ccc(-c2nc(-c3ccccc3)nc(-c3ccc(-c4ccccc4-c4ccc(N5c6ccccc6Sc6ccccc65)cc4)cc3)n2)cc1. The second kappa shape index (κ2) is 13.0. The molecular weight excluding hydrogens is 629 g/mol. The van der Waals surface area contributed by atoms with Crippen molar-refractivity contribution in [1.82, 2.24) is 15.0 Å². The zero-order chi connectivity index (χ0) is 33.3. The Bertz CT molecular complexity index is 2340. The van der Waals surface area contributed by atoms with Gasteiger partial charge in [0, 0.05) is 32.2 Å². The Kier molecular flexibility index (Phi) is 7.72. The molecule has 0 amide bonds. The van der Waals surface area contributed by atoms with E-state index in [9.17, 15) is 0 Å². The molecule has 0 aliphatic carbocycles. The van der Waals surface area contributed by atoms with E-state index in [0.717, 1.165) is 27.9 Å². The molecule has 0 saturated carbocycles. The summed E-state index contributed by atoms with van der Waals surface area (Å²) in [6.07, 6.45) is 0. The highest BCUT2D eigenvalue weighted by molar-refractivity contribution is 7.99. The molecule has 9 rings (SSSR count). The van der Waals surface area contributed by atoms with Gasteiger partial charge in [-0.1, -0.05) is 157 Å². The summed E-state index contributed by atoms with van der Waals surface area (Å²) < 4.78 is 0. The third-order valence-corrected chi connectivity index (χ3v) is 10.1. The van der Waals surface area contributed by atoms with E-state index in [2.05, 4.69) is 126 Å². The summed E-state index contributed by atoms with van der Waals surface area (Å²) in [4.78, 5) is 19.6. The van der Waals surface area contributed by atoms with Gasteiger partial charge >= 0.3 is 0 Å². The summed E-state index contributed by atoms with van der Waals surface area (Å²) in [6, 6.07) is 63.5. The topological polar surface area (TPSA) is 41.9 Å². The summed E-state index contributed by atoms with van der Waals surface area (Å²) >= 11 is 1.83. The Morgan fingerprint density at radius 1 is 0.320 bits per heavy atom. The highest BCUT2D eigenvalue weighted by atomic mass is 32.2. The van der Waals surface area contributed by atoms with Gasteiger partial charge in [0.15, 0.2) is 17.5 Å². The zero-order valence-electron chi connectivity index (χ0n) is 27.0. The van der Waals surface area contributed by atoms with Crippen LogP contribution in [-0.2, 0) is 0 Å². The second-order valence-corrected chi connectivity index (χ2v) is 13.2. The van der Waals surface area contributed by atoms with Crippen molar-refractivity contribution in [2.24, 2.45) is 0 Å². The molecule has 0 unspecified atom stereocenters. The highest BCUT2D eigenvalue weighted by Gasteiger charge is 2.24. The van der Waals surface area contributed by atoms with E-state index in [1.165, 1.54) is 37.9 Å². The molecule has 2 heterocycles. The van der Waals surface area contributed by atoms with Crippen LogP contribution in [0.5, 0.6) is 0 Å². The largest absolute Gasteiger partial charge is 0.308 e. The molecule has 0 radical (unpaired) electrons. The van der Waals surface area contributed by atoms with Crippen molar-refractivity contribution in [3.8, 4) is 56.4 Å². The van der Waals surface area contributed by atoms with E-state index in [-0.39, 0.29) is 0 Å². The van der Waals surface area contributed by atoms with E-state index in [1.54, 1.807) is 0 Å². The molecule has 0 atom stereocenters. The second-order valence-electron chi connectivity index (χ2n) is 12.1. The van der Waals surface area contributed by atoms with Gasteiger partial charge in [-0.2, -0.15) is 0 Å². The van der Waals surface area contributed by atoms with Crippen LogP contribution in [0.1, 0.15) is 0 Å². The summed E-state index contributed by atoms with van der Waals surface area (Å²) in [7, 11) is 0. The normalized spacial score (nSPS) is 11.9. The Balaban J connectivity index is 1.05. The van der Waals surface area contributed by atoms with E-state index in [4.69, 9.17) is 15.0 Å². The lowest BCUT2D eigenvalue weighted by Crippen LogP contribution is -2.14. The summed E-state index contributed by atoms with van der Waals surface area (Å²) in [5.74, 6) is 1.96. The van der Waals surface area contributed by atoms with Crippen LogP contribution < -0.4 is 4.90 Å². The van der Waals surface area contributed by atoms with Gasteiger partial charge in [-0.25, -0.2) is 15.0 Å². The predicted octanol–water partition coefficient (Wildman–Crippen LogP) is 12.1. The monoisotopic (exact) mass is 658 g/mol. The van der Waals surface area contributed by atoms with Crippen LogP contribution in [0.3, 0.4) is 0 Å². The number of para-hydroxylation sites is 2. The molecule has 236 valence electrons.